The van der Waals surface area contributed by atoms with Crippen molar-refractivity contribution in [3.63, 3.8) is 0 Å². The summed E-state index contributed by atoms with van der Waals surface area (Å²) >= 11 is 0. The molecule has 72 valence electrons. The van der Waals surface area contributed by atoms with Gasteiger partial charge >= 0.3 is 0 Å². The fourth-order valence-electron chi connectivity index (χ4n) is 1.19. The van der Waals surface area contributed by atoms with Crippen LogP contribution < -0.4 is 0 Å². The normalized spacial score (nSPS) is 11.7. The molecule has 1 aromatic heterocycles. The minimum Gasteiger partial charge on any atom is -0.465 e. The fourth-order valence-corrected chi connectivity index (χ4v) is 1.19. The van der Waals surface area contributed by atoms with Crippen molar-refractivity contribution in [1.82, 2.24) is 0 Å². The number of aldehydes is 1. The number of hydrogen-bond acceptors (Lipinski definition) is 2. The lowest BCUT2D eigenvalue weighted by molar-refractivity contribution is 0.112. The second-order valence-corrected chi connectivity index (χ2v) is 4.21. The van der Waals surface area contributed by atoms with Gasteiger partial charge in [0.1, 0.15) is 11.5 Å². The number of carbonyl (C=O) groups excluding carboxylic acids is 1. The molecule has 1 heterocycles. The van der Waals surface area contributed by atoms with Crippen LogP contribution in [0.1, 0.15) is 49.6 Å². The van der Waals surface area contributed by atoms with Crippen molar-refractivity contribution < 1.29 is 9.21 Å². The van der Waals surface area contributed by atoms with Gasteiger partial charge in [0.05, 0.1) is 5.56 Å². The zero-order valence-corrected chi connectivity index (χ0v) is 8.68. The summed E-state index contributed by atoms with van der Waals surface area (Å²) in [7, 11) is 0. The van der Waals surface area contributed by atoms with E-state index in [0.717, 1.165) is 24.2 Å². The van der Waals surface area contributed by atoms with Crippen LogP contribution in [0.15, 0.2) is 10.5 Å². The smallest absolute Gasteiger partial charge is 0.153 e. The molecule has 0 N–H and O–H groups in total. The molecule has 13 heavy (non-hydrogen) atoms. The Hall–Kier alpha value is -1.05. The molecule has 0 aliphatic heterocycles. The van der Waals surface area contributed by atoms with E-state index >= 15 is 0 Å². The van der Waals surface area contributed by atoms with Crippen molar-refractivity contribution in [2.45, 2.75) is 39.5 Å². The predicted molar refractivity (Wildman–Crippen MR) is 52.2 cm³/mol. The monoisotopic (exact) mass is 180 g/mol. The standard InChI is InChI=1S/C11H16O2/c1-5-9-8(7-12)6-10(13-9)11(2,3)4/h6-7H,5H2,1-4H3. The summed E-state index contributed by atoms with van der Waals surface area (Å²) in [5.41, 5.74) is 0.665. The molecule has 2 nitrogen and oxygen atoms in total. The molecule has 1 aromatic rings. The van der Waals surface area contributed by atoms with Crippen LogP contribution >= 0.6 is 0 Å². The van der Waals surface area contributed by atoms with Gasteiger partial charge < -0.3 is 4.42 Å². The van der Waals surface area contributed by atoms with Crippen molar-refractivity contribution in [2.24, 2.45) is 0 Å². The number of rotatable bonds is 2. The SMILES string of the molecule is CCc1oc(C(C)(C)C)cc1C=O. The van der Waals surface area contributed by atoms with Gasteiger partial charge in [-0.05, 0) is 6.07 Å². The largest absolute Gasteiger partial charge is 0.465 e. The zero-order chi connectivity index (χ0) is 10.1. The molecule has 0 saturated heterocycles. The molecule has 0 aromatic carbocycles. The predicted octanol–water partition coefficient (Wildman–Crippen LogP) is 2.95. The van der Waals surface area contributed by atoms with Gasteiger partial charge in [0.15, 0.2) is 6.29 Å². The summed E-state index contributed by atoms with van der Waals surface area (Å²) < 4.78 is 5.59. The maximum atomic E-state index is 10.7. The highest BCUT2D eigenvalue weighted by Gasteiger charge is 2.20. The first kappa shape index (κ1) is 10.0. The first-order valence-corrected chi connectivity index (χ1v) is 4.57. The molecule has 0 amide bonds. The van der Waals surface area contributed by atoms with Crippen molar-refractivity contribution in [3.8, 4) is 0 Å². The lowest BCUT2D eigenvalue weighted by atomic mass is 9.93. The maximum absolute atomic E-state index is 10.7. The first-order chi connectivity index (χ1) is 5.99. The Balaban J connectivity index is 3.14. The topological polar surface area (TPSA) is 30.2 Å². The van der Waals surface area contributed by atoms with Gasteiger partial charge in [0.2, 0.25) is 0 Å². The van der Waals surface area contributed by atoms with Gasteiger partial charge in [-0.2, -0.15) is 0 Å². The Morgan fingerprint density at radius 3 is 2.38 bits per heavy atom. The van der Waals surface area contributed by atoms with Crippen LogP contribution in [0.3, 0.4) is 0 Å². The Morgan fingerprint density at radius 1 is 1.46 bits per heavy atom. The van der Waals surface area contributed by atoms with Crippen LogP contribution in [0.25, 0.3) is 0 Å². The second kappa shape index (κ2) is 3.36. The van der Waals surface area contributed by atoms with Gasteiger partial charge in [-0.1, -0.05) is 27.7 Å². The van der Waals surface area contributed by atoms with E-state index < -0.39 is 0 Å². The fraction of sp³-hybridized carbons (Fsp3) is 0.545. The van der Waals surface area contributed by atoms with E-state index in [-0.39, 0.29) is 5.41 Å². The van der Waals surface area contributed by atoms with Gasteiger partial charge in [0.25, 0.3) is 0 Å². The highest BCUT2D eigenvalue weighted by molar-refractivity contribution is 5.76. The van der Waals surface area contributed by atoms with Crippen LogP contribution in [0.4, 0.5) is 0 Å². The minimum absolute atomic E-state index is 0.0226. The van der Waals surface area contributed by atoms with Crippen molar-refractivity contribution in [3.05, 3.63) is 23.2 Å². The molecule has 0 radical (unpaired) electrons. The van der Waals surface area contributed by atoms with Gasteiger partial charge in [-0.3, -0.25) is 4.79 Å². The molecule has 0 aliphatic carbocycles. The van der Waals surface area contributed by atoms with Crippen LogP contribution in [-0.4, -0.2) is 6.29 Å². The molecule has 0 fully saturated rings. The van der Waals surface area contributed by atoms with Crippen LogP contribution in [-0.2, 0) is 11.8 Å². The molecular formula is C11H16O2. The van der Waals surface area contributed by atoms with Crippen molar-refractivity contribution in [1.29, 1.82) is 0 Å². The highest BCUT2D eigenvalue weighted by atomic mass is 16.3. The van der Waals surface area contributed by atoms with Gasteiger partial charge in [-0.15, -0.1) is 0 Å². The molecule has 1 rings (SSSR count). The van der Waals surface area contributed by atoms with E-state index in [2.05, 4.69) is 20.8 Å². The number of hydrogen-bond donors (Lipinski definition) is 0. The zero-order valence-electron chi connectivity index (χ0n) is 8.68. The third-order valence-electron chi connectivity index (χ3n) is 2.03. The Bertz CT molecular complexity index is 302. The summed E-state index contributed by atoms with van der Waals surface area (Å²) in [5, 5.41) is 0. The quantitative estimate of drug-likeness (QED) is 0.655. The molecule has 0 spiro atoms. The average molecular weight is 180 g/mol. The lowest BCUT2D eigenvalue weighted by Gasteiger charge is -2.13. The number of aryl methyl sites for hydroxylation is 1. The molecule has 0 atom stereocenters. The van der Waals surface area contributed by atoms with E-state index in [1.165, 1.54) is 0 Å². The van der Waals surface area contributed by atoms with Gasteiger partial charge in [0, 0.05) is 11.8 Å². The van der Waals surface area contributed by atoms with Crippen LogP contribution in [0.2, 0.25) is 0 Å². The Morgan fingerprint density at radius 2 is 2.08 bits per heavy atom. The summed E-state index contributed by atoms with van der Waals surface area (Å²) in [5.74, 6) is 1.67. The molecule has 2 heteroatoms. The molecule has 0 aliphatic rings. The van der Waals surface area contributed by atoms with E-state index in [0.29, 0.717) is 5.56 Å². The summed E-state index contributed by atoms with van der Waals surface area (Å²) in [4.78, 5) is 10.7. The maximum Gasteiger partial charge on any atom is 0.153 e. The van der Waals surface area contributed by atoms with E-state index in [4.69, 9.17) is 4.42 Å². The third-order valence-corrected chi connectivity index (χ3v) is 2.03. The first-order valence-electron chi connectivity index (χ1n) is 4.57. The summed E-state index contributed by atoms with van der Waals surface area (Å²) in [6.07, 6.45) is 1.63. The number of furan rings is 1. The van der Waals surface area contributed by atoms with E-state index in [9.17, 15) is 4.79 Å². The summed E-state index contributed by atoms with van der Waals surface area (Å²) in [6, 6.07) is 1.84. The van der Waals surface area contributed by atoms with Crippen LogP contribution in [0, 0.1) is 0 Å². The van der Waals surface area contributed by atoms with Crippen molar-refractivity contribution in [2.75, 3.05) is 0 Å². The number of carbonyl (C=O) groups is 1. The second-order valence-electron chi connectivity index (χ2n) is 4.21. The van der Waals surface area contributed by atoms with E-state index in [1.54, 1.807) is 0 Å². The Kier molecular flexibility index (Phi) is 2.60. The lowest BCUT2D eigenvalue weighted by Crippen LogP contribution is -2.09. The minimum atomic E-state index is -0.0226. The molecule has 0 saturated carbocycles. The van der Waals surface area contributed by atoms with Crippen molar-refractivity contribution >= 4 is 6.29 Å². The third kappa shape index (κ3) is 2.00. The van der Waals surface area contributed by atoms with Gasteiger partial charge in [-0.25, -0.2) is 0 Å². The average Bonchev–Trinajstić information content (AvgIpc) is 2.45. The Labute approximate surface area is 78.9 Å². The molecule has 0 unspecified atom stereocenters. The van der Waals surface area contributed by atoms with E-state index in [1.807, 2.05) is 13.0 Å². The van der Waals surface area contributed by atoms with Crippen LogP contribution in [0.5, 0.6) is 0 Å². The summed E-state index contributed by atoms with van der Waals surface area (Å²) in [6.45, 7) is 8.19. The molecular weight excluding hydrogens is 164 g/mol. The highest BCUT2D eigenvalue weighted by Crippen LogP contribution is 2.26. The molecule has 0 bridgehead atoms.